The lowest BCUT2D eigenvalue weighted by Gasteiger charge is -1.93. The van der Waals surface area contributed by atoms with Crippen molar-refractivity contribution in [1.29, 1.82) is 0 Å². The second-order valence-corrected chi connectivity index (χ2v) is 3.29. The van der Waals surface area contributed by atoms with Gasteiger partial charge in [0.25, 0.3) is 0 Å². The molecule has 0 saturated heterocycles. The number of nitrogens with zero attached hydrogens (tertiary/aromatic N) is 2. The Labute approximate surface area is 89.5 Å². The fourth-order valence-electron chi connectivity index (χ4n) is 1.37. The van der Waals surface area contributed by atoms with Crippen molar-refractivity contribution in [2.75, 3.05) is 7.05 Å². The van der Waals surface area contributed by atoms with Crippen molar-refractivity contribution in [3.05, 3.63) is 60.7 Å². The summed E-state index contributed by atoms with van der Waals surface area (Å²) in [5, 5.41) is 4.46. The summed E-state index contributed by atoms with van der Waals surface area (Å²) in [7, 11) is 1.95. The lowest BCUT2D eigenvalue weighted by Crippen LogP contribution is -1.91. The van der Waals surface area contributed by atoms with Crippen LogP contribution in [0.3, 0.4) is 0 Å². The lowest BCUT2D eigenvalue weighted by molar-refractivity contribution is -0.476. The Hall–Kier alpha value is -1.96. The van der Waals surface area contributed by atoms with Gasteiger partial charge >= 0.3 is 0 Å². The zero-order chi connectivity index (χ0) is 10.5. The Bertz CT molecular complexity index is 446. The highest BCUT2D eigenvalue weighted by atomic mass is 15.2. The zero-order valence-electron chi connectivity index (χ0n) is 8.67. The molecule has 2 nitrogen and oxygen atoms in total. The third kappa shape index (κ3) is 2.50. The molecule has 0 N–H and O–H groups in total. The molecular weight excluding hydrogens is 184 g/mol. The standard InChI is InChI=1S/C13H13N2/c1-15(13-10-6-3-7-11-13)14-12-8-4-2-5-9-12/h2-11H,1H3/q+1. The highest BCUT2D eigenvalue weighted by Crippen LogP contribution is 2.15. The van der Waals surface area contributed by atoms with E-state index in [1.807, 2.05) is 72.4 Å². The van der Waals surface area contributed by atoms with E-state index in [0.29, 0.717) is 0 Å². The van der Waals surface area contributed by atoms with Gasteiger partial charge in [-0.15, -0.1) is 0 Å². The monoisotopic (exact) mass is 197 g/mol. The van der Waals surface area contributed by atoms with Gasteiger partial charge in [0, 0.05) is 12.1 Å². The average molecular weight is 197 g/mol. The first kappa shape index (κ1) is 9.59. The van der Waals surface area contributed by atoms with E-state index in [4.69, 9.17) is 0 Å². The van der Waals surface area contributed by atoms with Gasteiger partial charge in [-0.1, -0.05) is 41.1 Å². The minimum absolute atomic E-state index is 0.962. The van der Waals surface area contributed by atoms with Gasteiger partial charge in [-0.25, -0.2) is 0 Å². The van der Waals surface area contributed by atoms with E-state index in [2.05, 4.69) is 5.11 Å². The van der Waals surface area contributed by atoms with Gasteiger partial charge in [0.1, 0.15) is 5.69 Å². The second-order valence-electron chi connectivity index (χ2n) is 3.29. The van der Waals surface area contributed by atoms with E-state index in [-0.39, 0.29) is 0 Å². The maximum Gasteiger partial charge on any atom is 0.231 e. The largest absolute Gasteiger partial charge is 0.231 e. The number of hydrogen-bond acceptors (Lipinski definition) is 1. The maximum atomic E-state index is 4.46. The third-order valence-electron chi connectivity index (χ3n) is 2.15. The molecule has 0 bridgehead atoms. The Morgan fingerprint density at radius 2 is 1.33 bits per heavy atom. The minimum atomic E-state index is 0.962. The van der Waals surface area contributed by atoms with Crippen LogP contribution in [0.5, 0.6) is 0 Å². The Morgan fingerprint density at radius 1 is 0.800 bits per heavy atom. The summed E-state index contributed by atoms with van der Waals surface area (Å²) in [5.74, 6) is 0. The second kappa shape index (κ2) is 4.51. The zero-order valence-corrected chi connectivity index (χ0v) is 8.67. The summed E-state index contributed by atoms with van der Waals surface area (Å²) in [5.41, 5.74) is 2.05. The first-order chi connectivity index (χ1) is 7.36. The van der Waals surface area contributed by atoms with Crippen molar-refractivity contribution in [3.8, 4) is 0 Å². The van der Waals surface area contributed by atoms with Gasteiger partial charge in [-0.05, 0) is 17.2 Å². The lowest BCUT2D eigenvalue weighted by atomic mass is 10.3. The number of rotatable bonds is 2. The average Bonchev–Trinajstić information content (AvgIpc) is 2.31. The molecule has 0 saturated carbocycles. The predicted molar refractivity (Wildman–Crippen MR) is 60.8 cm³/mol. The first-order valence-corrected chi connectivity index (χ1v) is 4.92. The van der Waals surface area contributed by atoms with Crippen LogP contribution < -0.4 is 0 Å². The van der Waals surface area contributed by atoms with Gasteiger partial charge in [0.15, 0.2) is 7.05 Å². The molecule has 0 radical (unpaired) electrons. The highest BCUT2D eigenvalue weighted by molar-refractivity contribution is 5.35. The van der Waals surface area contributed by atoms with Crippen molar-refractivity contribution in [2.45, 2.75) is 0 Å². The summed E-state index contributed by atoms with van der Waals surface area (Å²) >= 11 is 0. The molecule has 0 amide bonds. The molecular formula is C13H13N2+. The Balaban J connectivity index is 2.29. The van der Waals surface area contributed by atoms with Gasteiger partial charge in [-0.3, -0.25) is 0 Å². The molecule has 15 heavy (non-hydrogen) atoms. The van der Waals surface area contributed by atoms with Gasteiger partial charge in [0.05, 0.1) is 0 Å². The van der Waals surface area contributed by atoms with Crippen molar-refractivity contribution in [3.63, 3.8) is 0 Å². The van der Waals surface area contributed by atoms with Crippen molar-refractivity contribution in [2.24, 2.45) is 5.11 Å². The quantitative estimate of drug-likeness (QED) is 0.514. The van der Waals surface area contributed by atoms with Crippen LogP contribution in [0.1, 0.15) is 0 Å². The highest BCUT2D eigenvalue weighted by Gasteiger charge is 2.02. The van der Waals surface area contributed by atoms with Crippen LogP contribution in [0.4, 0.5) is 11.4 Å². The van der Waals surface area contributed by atoms with E-state index >= 15 is 0 Å². The first-order valence-electron chi connectivity index (χ1n) is 4.92. The minimum Gasteiger partial charge on any atom is -0.0865 e. The van der Waals surface area contributed by atoms with Crippen LogP contribution in [0, 0.1) is 0 Å². The maximum absolute atomic E-state index is 4.46. The molecule has 2 rings (SSSR count). The number of para-hydroxylation sites is 1. The van der Waals surface area contributed by atoms with E-state index in [1.54, 1.807) is 0 Å². The van der Waals surface area contributed by atoms with Crippen LogP contribution >= 0.6 is 0 Å². The van der Waals surface area contributed by atoms with E-state index in [0.717, 1.165) is 11.4 Å². The molecule has 0 fully saturated rings. The summed E-state index contributed by atoms with van der Waals surface area (Å²) in [6.45, 7) is 0. The van der Waals surface area contributed by atoms with Gasteiger partial charge in [-0.2, -0.15) is 0 Å². The molecule has 0 spiro atoms. The Kier molecular flexibility index (Phi) is 2.88. The molecule has 2 heteroatoms. The molecule has 74 valence electrons. The van der Waals surface area contributed by atoms with E-state index in [9.17, 15) is 0 Å². The predicted octanol–water partition coefficient (Wildman–Crippen LogP) is 3.74. The molecule has 0 unspecified atom stereocenters. The molecule has 0 aliphatic carbocycles. The van der Waals surface area contributed by atoms with Crippen LogP contribution in [-0.2, 0) is 0 Å². The molecule has 2 aromatic carbocycles. The fraction of sp³-hybridized carbons (Fsp3) is 0.0769. The third-order valence-corrected chi connectivity index (χ3v) is 2.15. The van der Waals surface area contributed by atoms with Crippen LogP contribution in [-0.4, -0.2) is 11.7 Å². The summed E-state index contributed by atoms with van der Waals surface area (Å²) in [6, 6.07) is 20.0. The molecule has 0 atom stereocenters. The smallest absolute Gasteiger partial charge is 0.0865 e. The Morgan fingerprint density at radius 3 is 1.93 bits per heavy atom. The van der Waals surface area contributed by atoms with E-state index in [1.165, 1.54) is 0 Å². The topological polar surface area (TPSA) is 15.4 Å². The number of benzene rings is 2. The van der Waals surface area contributed by atoms with Crippen LogP contribution in [0.15, 0.2) is 65.8 Å². The van der Waals surface area contributed by atoms with Crippen molar-refractivity contribution >= 4 is 11.4 Å². The fourth-order valence-corrected chi connectivity index (χ4v) is 1.37. The molecule has 2 aromatic rings. The van der Waals surface area contributed by atoms with Crippen molar-refractivity contribution in [1.82, 2.24) is 0 Å². The van der Waals surface area contributed by atoms with Crippen molar-refractivity contribution < 1.29 is 4.70 Å². The molecule has 0 aromatic heterocycles. The number of hydrogen-bond donors (Lipinski definition) is 0. The van der Waals surface area contributed by atoms with Gasteiger partial charge < -0.3 is 0 Å². The molecule has 0 heterocycles. The normalized spacial score (nSPS) is 11.4. The van der Waals surface area contributed by atoms with Crippen LogP contribution in [0.2, 0.25) is 0 Å². The molecule has 0 aliphatic heterocycles. The van der Waals surface area contributed by atoms with Crippen LogP contribution in [0.25, 0.3) is 0 Å². The van der Waals surface area contributed by atoms with E-state index < -0.39 is 0 Å². The van der Waals surface area contributed by atoms with Gasteiger partial charge in [0.2, 0.25) is 5.69 Å². The SMILES string of the molecule is C[N+](=Nc1ccccc1)c1ccccc1. The number of azo groups is 2. The molecule has 0 aliphatic rings. The summed E-state index contributed by atoms with van der Waals surface area (Å²) < 4.78 is 1.87. The summed E-state index contributed by atoms with van der Waals surface area (Å²) in [4.78, 5) is 0. The summed E-state index contributed by atoms with van der Waals surface area (Å²) in [6.07, 6.45) is 0.